The number of nitrogen functional groups attached to an aromatic ring is 1. The molecule has 1 heterocycles. The first-order valence-electron chi connectivity index (χ1n) is 6.17. The van der Waals surface area contributed by atoms with Crippen molar-refractivity contribution in [3.63, 3.8) is 0 Å². The molecule has 22 heavy (non-hydrogen) atoms. The van der Waals surface area contributed by atoms with Crippen molar-refractivity contribution >= 4 is 40.5 Å². The number of nitrogens with one attached hydrogen (secondary N) is 1. The molecule has 2 rings (SSSR count). The fourth-order valence-corrected chi connectivity index (χ4v) is 2.06. The van der Waals surface area contributed by atoms with E-state index in [0.29, 0.717) is 16.5 Å². The molecule has 1 aromatic carbocycles. The van der Waals surface area contributed by atoms with E-state index >= 15 is 0 Å². The number of aromatic nitrogens is 1. The van der Waals surface area contributed by atoms with Crippen LogP contribution in [0.3, 0.4) is 0 Å². The van der Waals surface area contributed by atoms with Gasteiger partial charge in [-0.25, -0.2) is 9.78 Å². The molecule has 114 valence electrons. The van der Waals surface area contributed by atoms with E-state index < -0.39 is 5.97 Å². The fraction of sp³-hybridized carbons (Fsp3) is 0.0714. The maximum atomic E-state index is 11.1. The number of carbonyl (C=O) groups excluding carboxylic acids is 1. The van der Waals surface area contributed by atoms with Gasteiger partial charge in [0.2, 0.25) is 5.13 Å². The molecule has 0 aliphatic heterocycles. The predicted molar refractivity (Wildman–Crippen MR) is 86.9 cm³/mol. The Balaban J connectivity index is 2.09. The van der Waals surface area contributed by atoms with Crippen LogP contribution in [0.2, 0.25) is 0 Å². The molecule has 0 aliphatic carbocycles. The summed E-state index contributed by atoms with van der Waals surface area (Å²) in [6, 6.07) is 4.86. The summed E-state index contributed by atoms with van der Waals surface area (Å²) >= 11 is 1.32. The third-order valence-electron chi connectivity index (χ3n) is 2.55. The highest BCUT2D eigenvalue weighted by atomic mass is 32.1. The summed E-state index contributed by atoms with van der Waals surface area (Å²) < 4.78 is 4.51. The molecular formula is C14H14N4O3S. The lowest BCUT2D eigenvalue weighted by Gasteiger charge is -2.01. The lowest BCUT2D eigenvalue weighted by molar-refractivity contribution is -0.134. The molecule has 0 radical (unpaired) electrons. The molecule has 2 aromatic rings. The van der Waals surface area contributed by atoms with Crippen molar-refractivity contribution in [1.82, 2.24) is 4.98 Å². The summed E-state index contributed by atoms with van der Waals surface area (Å²) in [5.41, 5.74) is 9.43. The van der Waals surface area contributed by atoms with Crippen molar-refractivity contribution in [2.75, 3.05) is 18.3 Å². The van der Waals surface area contributed by atoms with Gasteiger partial charge in [0.15, 0.2) is 0 Å². The van der Waals surface area contributed by atoms with E-state index in [1.165, 1.54) is 36.8 Å². The van der Waals surface area contributed by atoms with Crippen LogP contribution in [0.5, 0.6) is 5.75 Å². The predicted octanol–water partition coefficient (Wildman–Crippen LogP) is 2.06. The molecule has 0 bridgehead atoms. The number of hydrogen-bond acceptors (Lipinski definition) is 8. The number of carbonyl (C=O) groups is 1. The monoisotopic (exact) mass is 318 g/mol. The molecule has 0 spiro atoms. The van der Waals surface area contributed by atoms with Crippen molar-refractivity contribution in [1.29, 1.82) is 0 Å². The van der Waals surface area contributed by atoms with Crippen molar-refractivity contribution in [2.24, 2.45) is 5.10 Å². The van der Waals surface area contributed by atoms with E-state index in [2.05, 4.69) is 20.2 Å². The Kier molecular flexibility index (Phi) is 5.10. The summed E-state index contributed by atoms with van der Waals surface area (Å²) in [6.45, 7) is 0. The number of esters is 1. The number of hydrogen-bond donors (Lipinski definition) is 3. The minimum atomic E-state index is -0.452. The van der Waals surface area contributed by atoms with Crippen LogP contribution in [0.25, 0.3) is 6.08 Å². The van der Waals surface area contributed by atoms with Gasteiger partial charge in [-0.2, -0.15) is 5.10 Å². The van der Waals surface area contributed by atoms with E-state index in [0.717, 1.165) is 5.56 Å². The maximum Gasteiger partial charge on any atom is 0.330 e. The number of hydrazone groups is 1. The zero-order valence-corrected chi connectivity index (χ0v) is 12.5. The van der Waals surface area contributed by atoms with Crippen molar-refractivity contribution in [2.45, 2.75) is 0 Å². The molecule has 0 atom stereocenters. The molecule has 0 saturated heterocycles. The van der Waals surface area contributed by atoms with Gasteiger partial charge < -0.3 is 15.6 Å². The topological polar surface area (TPSA) is 110 Å². The Morgan fingerprint density at radius 2 is 2.36 bits per heavy atom. The highest BCUT2D eigenvalue weighted by molar-refractivity contribution is 7.14. The average molecular weight is 318 g/mol. The standard InChI is InChI=1S/C14H14N4O3S/c1-21-13(20)5-3-9-2-4-11(19)10(6-9)7-16-18-14-17-12(15)8-22-14/h2-8,19H,15H2,1H3,(H,17,18). The smallest absolute Gasteiger partial charge is 0.330 e. The first-order chi connectivity index (χ1) is 10.6. The van der Waals surface area contributed by atoms with Crippen LogP contribution in [0.4, 0.5) is 10.9 Å². The van der Waals surface area contributed by atoms with Gasteiger partial charge in [-0.1, -0.05) is 6.07 Å². The molecule has 0 aliphatic rings. The maximum absolute atomic E-state index is 11.1. The normalized spacial score (nSPS) is 11.1. The average Bonchev–Trinajstić information content (AvgIpc) is 2.92. The summed E-state index contributed by atoms with van der Waals surface area (Å²) in [6.07, 6.45) is 4.32. The lowest BCUT2D eigenvalue weighted by Crippen LogP contribution is -1.94. The Hall–Kier alpha value is -2.87. The molecule has 4 N–H and O–H groups in total. The van der Waals surface area contributed by atoms with Gasteiger partial charge in [-0.15, -0.1) is 11.3 Å². The number of thiazole rings is 1. The summed E-state index contributed by atoms with van der Waals surface area (Å²) in [7, 11) is 1.30. The summed E-state index contributed by atoms with van der Waals surface area (Å²) in [4.78, 5) is 15.0. The third kappa shape index (κ3) is 4.32. The van der Waals surface area contributed by atoms with Crippen LogP contribution in [-0.4, -0.2) is 29.4 Å². The minimum Gasteiger partial charge on any atom is -0.507 e. The quantitative estimate of drug-likeness (QED) is 0.337. The number of anilines is 2. The van der Waals surface area contributed by atoms with E-state index in [-0.39, 0.29) is 5.75 Å². The molecular weight excluding hydrogens is 304 g/mol. The molecule has 0 fully saturated rings. The second-order valence-corrected chi connectivity index (χ2v) is 4.98. The van der Waals surface area contributed by atoms with Crippen LogP contribution in [0, 0.1) is 0 Å². The summed E-state index contributed by atoms with van der Waals surface area (Å²) in [5.74, 6) is 0.0335. The van der Waals surface area contributed by atoms with E-state index in [1.54, 1.807) is 23.6 Å². The molecule has 1 aromatic heterocycles. The van der Waals surface area contributed by atoms with E-state index in [1.807, 2.05) is 0 Å². The number of phenolic OH excluding ortho intramolecular Hbond substituents is 1. The Labute approximate surface area is 130 Å². The first-order valence-corrected chi connectivity index (χ1v) is 7.05. The first kappa shape index (κ1) is 15.5. The van der Waals surface area contributed by atoms with E-state index in [4.69, 9.17) is 5.73 Å². The zero-order chi connectivity index (χ0) is 15.9. The van der Waals surface area contributed by atoms with E-state index in [9.17, 15) is 9.90 Å². The Bertz CT molecular complexity index is 725. The molecule has 0 unspecified atom stereocenters. The number of phenols is 1. The molecule has 0 saturated carbocycles. The van der Waals surface area contributed by atoms with Gasteiger partial charge in [0.05, 0.1) is 13.3 Å². The van der Waals surface area contributed by atoms with Gasteiger partial charge >= 0.3 is 5.97 Å². The number of nitrogens with two attached hydrogens (primary N) is 1. The lowest BCUT2D eigenvalue weighted by atomic mass is 10.1. The van der Waals surface area contributed by atoms with Gasteiger partial charge in [0.25, 0.3) is 0 Å². The number of aromatic hydroxyl groups is 1. The number of methoxy groups -OCH3 is 1. The van der Waals surface area contributed by atoms with Gasteiger partial charge in [0.1, 0.15) is 11.6 Å². The van der Waals surface area contributed by atoms with Gasteiger partial charge in [-0.05, 0) is 23.8 Å². The van der Waals surface area contributed by atoms with Crippen LogP contribution in [0.1, 0.15) is 11.1 Å². The Morgan fingerprint density at radius 1 is 1.55 bits per heavy atom. The van der Waals surface area contributed by atoms with Crippen LogP contribution in [-0.2, 0) is 9.53 Å². The Morgan fingerprint density at radius 3 is 3.05 bits per heavy atom. The second-order valence-electron chi connectivity index (χ2n) is 4.12. The number of benzene rings is 1. The van der Waals surface area contributed by atoms with Crippen LogP contribution < -0.4 is 11.2 Å². The fourth-order valence-electron chi connectivity index (χ4n) is 1.51. The number of ether oxygens (including phenoxy) is 1. The van der Waals surface area contributed by atoms with Crippen LogP contribution in [0.15, 0.2) is 34.8 Å². The summed E-state index contributed by atoms with van der Waals surface area (Å²) in [5, 5.41) is 16.0. The molecule has 0 amide bonds. The minimum absolute atomic E-state index is 0.0689. The largest absolute Gasteiger partial charge is 0.507 e. The van der Waals surface area contributed by atoms with Crippen LogP contribution >= 0.6 is 11.3 Å². The second kappa shape index (κ2) is 7.23. The van der Waals surface area contributed by atoms with Crippen molar-refractivity contribution in [3.8, 4) is 5.75 Å². The highest BCUT2D eigenvalue weighted by Gasteiger charge is 2.01. The molecule has 8 heteroatoms. The SMILES string of the molecule is COC(=O)C=Cc1ccc(O)c(C=NNc2nc(N)cs2)c1. The number of nitrogens with zero attached hydrogens (tertiary/aromatic N) is 2. The van der Waals surface area contributed by atoms with Gasteiger partial charge in [0, 0.05) is 17.0 Å². The number of rotatable bonds is 5. The van der Waals surface area contributed by atoms with Gasteiger partial charge in [-0.3, -0.25) is 5.43 Å². The van der Waals surface area contributed by atoms with Crippen molar-refractivity contribution < 1.29 is 14.6 Å². The van der Waals surface area contributed by atoms with Crippen molar-refractivity contribution in [3.05, 3.63) is 40.8 Å². The zero-order valence-electron chi connectivity index (χ0n) is 11.7. The molecule has 7 nitrogen and oxygen atoms in total. The third-order valence-corrected chi connectivity index (χ3v) is 3.32. The highest BCUT2D eigenvalue weighted by Crippen LogP contribution is 2.19.